The van der Waals surface area contributed by atoms with E-state index >= 15 is 0 Å². The number of ether oxygens (including phenoxy) is 1. The van der Waals surface area contributed by atoms with Crippen LogP contribution in [0.1, 0.15) is 46.1 Å². The second kappa shape index (κ2) is 5.46. The second-order valence-electron chi connectivity index (χ2n) is 6.50. The summed E-state index contributed by atoms with van der Waals surface area (Å²) in [4.78, 5) is 11.7. The summed E-state index contributed by atoms with van der Waals surface area (Å²) < 4.78 is 16.9. The smallest absolute Gasteiger partial charge is 0.469 e. The highest BCUT2D eigenvalue weighted by Crippen LogP contribution is 2.36. The SMILES string of the molecule is COC(=O)C(C)c1cccc(B2OC(C)(C)C(C)(C)O2)c1. The molecule has 21 heavy (non-hydrogen) atoms. The van der Waals surface area contributed by atoms with Crippen molar-refractivity contribution in [3.8, 4) is 0 Å². The molecule has 1 aliphatic heterocycles. The first-order chi connectivity index (χ1) is 9.68. The van der Waals surface area contributed by atoms with Crippen molar-refractivity contribution >= 4 is 18.6 Å². The number of carbonyl (C=O) groups is 1. The molecule has 1 heterocycles. The van der Waals surface area contributed by atoms with Crippen LogP contribution in [0.5, 0.6) is 0 Å². The highest BCUT2D eigenvalue weighted by molar-refractivity contribution is 6.62. The first-order valence-electron chi connectivity index (χ1n) is 7.21. The Morgan fingerprint density at radius 1 is 1.19 bits per heavy atom. The molecule has 1 aromatic rings. The maximum absolute atomic E-state index is 11.7. The summed E-state index contributed by atoms with van der Waals surface area (Å²) >= 11 is 0. The monoisotopic (exact) mass is 290 g/mol. The van der Waals surface area contributed by atoms with Gasteiger partial charge in [0.15, 0.2) is 0 Å². The predicted molar refractivity (Wildman–Crippen MR) is 82.6 cm³/mol. The second-order valence-corrected chi connectivity index (χ2v) is 6.50. The molecule has 1 aromatic carbocycles. The topological polar surface area (TPSA) is 44.8 Å². The Morgan fingerprint density at radius 3 is 2.29 bits per heavy atom. The minimum absolute atomic E-state index is 0.249. The highest BCUT2D eigenvalue weighted by Gasteiger charge is 2.51. The molecule has 2 rings (SSSR count). The van der Waals surface area contributed by atoms with E-state index in [2.05, 4.69) is 0 Å². The number of methoxy groups -OCH3 is 1. The van der Waals surface area contributed by atoms with Gasteiger partial charge in [-0.05, 0) is 45.6 Å². The molecule has 0 aliphatic carbocycles. The van der Waals surface area contributed by atoms with Crippen LogP contribution in [-0.4, -0.2) is 31.4 Å². The van der Waals surface area contributed by atoms with E-state index in [0.717, 1.165) is 11.0 Å². The van der Waals surface area contributed by atoms with E-state index in [1.165, 1.54) is 7.11 Å². The fourth-order valence-corrected chi connectivity index (χ4v) is 2.27. The van der Waals surface area contributed by atoms with Crippen molar-refractivity contribution in [3.05, 3.63) is 29.8 Å². The lowest BCUT2D eigenvalue weighted by Crippen LogP contribution is -2.41. The van der Waals surface area contributed by atoms with Gasteiger partial charge in [-0.15, -0.1) is 0 Å². The van der Waals surface area contributed by atoms with Crippen LogP contribution in [0.15, 0.2) is 24.3 Å². The van der Waals surface area contributed by atoms with E-state index in [-0.39, 0.29) is 23.1 Å². The zero-order valence-corrected chi connectivity index (χ0v) is 13.6. The van der Waals surface area contributed by atoms with Gasteiger partial charge in [-0.2, -0.15) is 0 Å². The van der Waals surface area contributed by atoms with Gasteiger partial charge in [0.1, 0.15) is 0 Å². The molecular weight excluding hydrogens is 267 g/mol. The molecule has 1 aliphatic rings. The Labute approximate surface area is 126 Å². The maximum Gasteiger partial charge on any atom is 0.494 e. The molecule has 114 valence electrons. The van der Waals surface area contributed by atoms with Gasteiger partial charge in [0.25, 0.3) is 0 Å². The Kier molecular flexibility index (Phi) is 4.18. The molecule has 0 saturated carbocycles. The van der Waals surface area contributed by atoms with E-state index in [1.54, 1.807) is 0 Å². The molecule has 1 atom stereocenters. The zero-order valence-electron chi connectivity index (χ0n) is 13.6. The van der Waals surface area contributed by atoms with Crippen LogP contribution in [0.25, 0.3) is 0 Å². The van der Waals surface area contributed by atoms with E-state index in [4.69, 9.17) is 14.0 Å². The highest BCUT2D eigenvalue weighted by atomic mass is 16.7. The number of hydrogen-bond acceptors (Lipinski definition) is 4. The first-order valence-corrected chi connectivity index (χ1v) is 7.21. The minimum Gasteiger partial charge on any atom is -0.469 e. The average molecular weight is 290 g/mol. The molecule has 1 saturated heterocycles. The van der Waals surface area contributed by atoms with Crippen molar-refractivity contribution in [2.45, 2.75) is 51.7 Å². The number of rotatable bonds is 3. The van der Waals surface area contributed by atoms with E-state index < -0.39 is 7.12 Å². The van der Waals surface area contributed by atoms with Crippen LogP contribution in [0.2, 0.25) is 0 Å². The number of benzene rings is 1. The lowest BCUT2D eigenvalue weighted by atomic mass is 9.77. The summed E-state index contributed by atoms with van der Waals surface area (Å²) in [6.07, 6.45) is 0. The maximum atomic E-state index is 11.7. The lowest BCUT2D eigenvalue weighted by molar-refractivity contribution is -0.141. The Morgan fingerprint density at radius 2 is 1.76 bits per heavy atom. The molecule has 0 bridgehead atoms. The molecule has 1 fully saturated rings. The molecule has 0 spiro atoms. The van der Waals surface area contributed by atoms with E-state index in [1.807, 2.05) is 58.9 Å². The fourth-order valence-electron chi connectivity index (χ4n) is 2.27. The minimum atomic E-state index is -0.417. The summed E-state index contributed by atoms with van der Waals surface area (Å²) in [6.45, 7) is 9.92. The van der Waals surface area contributed by atoms with Gasteiger partial charge in [-0.25, -0.2) is 0 Å². The summed E-state index contributed by atoms with van der Waals surface area (Å²) in [6, 6.07) is 7.73. The third-order valence-corrected chi connectivity index (χ3v) is 4.49. The molecule has 0 aromatic heterocycles. The van der Waals surface area contributed by atoms with Crippen LogP contribution in [-0.2, 0) is 18.8 Å². The number of esters is 1. The molecule has 0 N–H and O–H groups in total. The van der Waals surface area contributed by atoms with Crippen LogP contribution >= 0.6 is 0 Å². The summed E-state index contributed by atoms with van der Waals surface area (Å²) in [5.41, 5.74) is 1.07. The van der Waals surface area contributed by atoms with Crippen molar-refractivity contribution in [1.82, 2.24) is 0 Å². The summed E-state index contributed by atoms with van der Waals surface area (Å²) in [5.74, 6) is -0.557. The van der Waals surface area contributed by atoms with Crippen molar-refractivity contribution < 1.29 is 18.8 Å². The predicted octanol–water partition coefficient (Wildman–Crippen LogP) is 2.26. The molecule has 0 amide bonds. The first kappa shape index (κ1) is 16.1. The summed E-state index contributed by atoms with van der Waals surface area (Å²) in [7, 11) is 0.983. The Bertz CT molecular complexity index is 523. The molecule has 4 nitrogen and oxygen atoms in total. The van der Waals surface area contributed by atoms with E-state index in [0.29, 0.717) is 0 Å². The van der Waals surface area contributed by atoms with Gasteiger partial charge in [-0.1, -0.05) is 24.3 Å². The van der Waals surface area contributed by atoms with Crippen molar-refractivity contribution in [2.24, 2.45) is 0 Å². The van der Waals surface area contributed by atoms with Gasteiger partial charge in [0.05, 0.1) is 24.2 Å². The van der Waals surface area contributed by atoms with Gasteiger partial charge >= 0.3 is 13.1 Å². The summed E-state index contributed by atoms with van der Waals surface area (Å²) in [5, 5.41) is 0. The van der Waals surface area contributed by atoms with Crippen LogP contribution in [0, 0.1) is 0 Å². The molecule has 5 heteroatoms. The van der Waals surface area contributed by atoms with Crippen LogP contribution < -0.4 is 5.46 Å². The Hall–Kier alpha value is -1.33. The zero-order chi connectivity index (χ0) is 15.8. The Balaban J connectivity index is 2.25. The number of carbonyl (C=O) groups excluding carboxylic acids is 1. The quantitative estimate of drug-likeness (QED) is 0.633. The van der Waals surface area contributed by atoms with Crippen molar-refractivity contribution in [1.29, 1.82) is 0 Å². The van der Waals surface area contributed by atoms with Crippen molar-refractivity contribution in [3.63, 3.8) is 0 Å². The third kappa shape index (κ3) is 2.99. The third-order valence-electron chi connectivity index (χ3n) is 4.49. The lowest BCUT2D eigenvalue weighted by Gasteiger charge is -2.32. The van der Waals surface area contributed by atoms with Crippen LogP contribution in [0.4, 0.5) is 0 Å². The standard InChI is InChI=1S/C16H23BO4/c1-11(14(18)19-6)12-8-7-9-13(10-12)17-20-15(2,3)16(4,5)21-17/h7-11H,1-6H3. The fraction of sp³-hybridized carbons (Fsp3) is 0.562. The molecule has 1 unspecified atom stereocenters. The van der Waals surface area contributed by atoms with Gasteiger partial charge in [-0.3, -0.25) is 4.79 Å². The average Bonchev–Trinajstić information content (AvgIpc) is 2.66. The van der Waals surface area contributed by atoms with Crippen LogP contribution in [0.3, 0.4) is 0 Å². The molecular formula is C16H23BO4. The normalized spacial score (nSPS) is 21.1. The molecule has 0 radical (unpaired) electrons. The number of hydrogen-bond donors (Lipinski definition) is 0. The van der Waals surface area contributed by atoms with E-state index in [9.17, 15) is 4.79 Å². The van der Waals surface area contributed by atoms with Gasteiger partial charge in [0, 0.05) is 0 Å². The van der Waals surface area contributed by atoms with Crippen molar-refractivity contribution in [2.75, 3.05) is 7.11 Å². The largest absolute Gasteiger partial charge is 0.494 e. The van der Waals surface area contributed by atoms with Gasteiger partial charge < -0.3 is 14.0 Å². The van der Waals surface area contributed by atoms with Gasteiger partial charge in [0.2, 0.25) is 0 Å².